The van der Waals surface area contributed by atoms with Gasteiger partial charge < -0.3 is 19.3 Å². The third kappa shape index (κ3) is 4.42. The van der Waals surface area contributed by atoms with E-state index in [2.05, 4.69) is 0 Å². The summed E-state index contributed by atoms with van der Waals surface area (Å²) in [6.07, 6.45) is 3.89. The molecular formula is C21H24N2O5. The van der Waals surface area contributed by atoms with Crippen LogP contribution in [-0.4, -0.2) is 47.9 Å². The lowest BCUT2D eigenvalue weighted by molar-refractivity contribution is -0.137. The zero-order valence-corrected chi connectivity index (χ0v) is 15.8. The van der Waals surface area contributed by atoms with Crippen molar-refractivity contribution in [3.63, 3.8) is 0 Å². The highest BCUT2D eigenvalue weighted by Gasteiger charge is 2.28. The molecule has 1 fully saturated rings. The van der Waals surface area contributed by atoms with Crippen LogP contribution in [-0.2, 0) is 4.79 Å². The fraction of sp³-hybridized carbons (Fsp3) is 0.381. The molecule has 148 valence electrons. The van der Waals surface area contributed by atoms with Crippen LogP contribution < -0.4 is 4.90 Å². The monoisotopic (exact) mass is 384 g/mol. The summed E-state index contributed by atoms with van der Waals surface area (Å²) in [6.45, 7) is 1.17. The van der Waals surface area contributed by atoms with Crippen molar-refractivity contribution in [2.24, 2.45) is 5.92 Å². The maximum Gasteiger partial charge on any atom is 0.303 e. The van der Waals surface area contributed by atoms with Gasteiger partial charge in [-0.1, -0.05) is 12.1 Å². The number of aliphatic carboxylic acids is 1. The van der Waals surface area contributed by atoms with Gasteiger partial charge in [-0.3, -0.25) is 14.4 Å². The van der Waals surface area contributed by atoms with E-state index >= 15 is 0 Å². The predicted octanol–water partition coefficient (Wildman–Crippen LogP) is 3.27. The van der Waals surface area contributed by atoms with Crippen molar-refractivity contribution in [3.8, 4) is 0 Å². The third-order valence-corrected chi connectivity index (χ3v) is 5.11. The van der Waals surface area contributed by atoms with Crippen LogP contribution >= 0.6 is 0 Å². The van der Waals surface area contributed by atoms with Gasteiger partial charge in [0.1, 0.15) is 0 Å². The number of amides is 2. The smallest absolute Gasteiger partial charge is 0.303 e. The first kappa shape index (κ1) is 19.7. The molecule has 1 unspecified atom stereocenters. The van der Waals surface area contributed by atoms with E-state index in [0.29, 0.717) is 30.8 Å². The van der Waals surface area contributed by atoms with Gasteiger partial charge in [0.25, 0.3) is 11.8 Å². The summed E-state index contributed by atoms with van der Waals surface area (Å²) >= 11 is 0. The van der Waals surface area contributed by atoms with Crippen molar-refractivity contribution < 1.29 is 23.9 Å². The van der Waals surface area contributed by atoms with Gasteiger partial charge in [0, 0.05) is 26.6 Å². The molecule has 3 rings (SSSR count). The van der Waals surface area contributed by atoms with E-state index in [4.69, 9.17) is 9.52 Å². The number of carbonyl (C=O) groups excluding carboxylic acids is 2. The number of carbonyl (C=O) groups is 3. The maximum absolute atomic E-state index is 13.2. The molecule has 1 aliphatic rings. The molecule has 1 saturated heterocycles. The molecule has 0 radical (unpaired) electrons. The molecule has 1 atom stereocenters. The Morgan fingerprint density at radius 2 is 2.00 bits per heavy atom. The fourth-order valence-electron chi connectivity index (χ4n) is 3.61. The summed E-state index contributed by atoms with van der Waals surface area (Å²) in [5.41, 5.74) is 0.963. The number of piperidine rings is 1. The largest absolute Gasteiger partial charge is 0.481 e. The van der Waals surface area contributed by atoms with E-state index in [-0.39, 0.29) is 29.9 Å². The Bertz CT molecular complexity index is 846. The molecule has 1 aromatic heterocycles. The van der Waals surface area contributed by atoms with E-state index in [1.54, 1.807) is 48.3 Å². The van der Waals surface area contributed by atoms with E-state index < -0.39 is 5.97 Å². The lowest BCUT2D eigenvalue weighted by atomic mass is 9.93. The molecule has 2 amide bonds. The Balaban J connectivity index is 1.77. The maximum atomic E-state index is 13.2. The number of para-hydroxylation sites is 1. The van der Waals surface area contributed by atoms with E-state index in [0.717, 1.165) is 12.8 Å². The van der Waals surface area contributed by atoms with Gasteiger partial charge in [0.2, 0.25) is 0 Å². The Kier molecular flexibility index (Phi) is 6.13. The standard InChI is InChI=1S/C21H24N2O5/c1-22(21(27)18-9-5-13-28-18)17-8-3-2-7-16(17)20(26)23-12-4-6-15(14-23)10-11-19(24)25/h2-3,5,7-9,13,15H,4,6,10-12,14H2,1H3,(H,24,25). The van der Waals surface area contributed by atoms with E-state index in [1.165, 1.54) is 11.2 Å². The highest BCUT2D eigenvalue weighted by atomic mass is 16.4. The van der Waals surface area contributed by atoms with Gasteiger partial charge in [0.15, 0.2) is 5.76 Å². The predicted molar refractivity (Wildman–Crippen MR) is 103 cm³/mol. The van der Waals surface area contributed by atoms with E-state index in [1.807, 2.05) is 0 Å². The molecule has 0 bridgehead atoms. The number of likely N-dealkylation sites (tertiary alicyclic amines) is 1. The number of anilines is 1. The number of hydrogen-bond donors (Lipinski definition) is 1. The minimum Gasteiger partial charge on any atom is -0.481 e. The summed E-state index contributed by atoms with van der Waals surface area (Å²) in [7, 11) is 1.61. The third-order valence-electron chi connectivity index (χ3n) is 5.11. The summed E-state index contributed by atoms with van der Waals surface area (Å²) in [6, 6.07) is 10.2. The fourth-order valence-corrected chi connectivity index (χ4v) is 3.61. The van der Waals surface area contributed by atoms with Crippen LogP contribution in [0.4, 0.5) is 5.69 Å². The van der Waals surface area contributed by atoms with Gasteiger partial charge in [0.05, 0.1) is 17.5 Å². The van der Waals surface area contributed by atoms with Gasteiger partial charge in [-0.2, -0.15) is 0 Å². The summed E-state index contributed by atoms with van der Waals surface area (Å²) in [5, 5.41) is 8.90. The van der Waals surface area contributed by atoms with Crippen LogP contribution in [0.15, 0.2) is 47.1 Å². The first-order valence-electron chi connectivity index (χ1n) is 9.39. The van der Waals surface area contributed by atoms with Crippen molar-refractivity contribution in [3.05, 3.63) is 54.0 Å². The molecular weight excluding hydrogens is 360 g/mol. The second kappa shape index (κ2) is 8.73. The minimum atomic E-state index is -0.813. The molecule has 0 aliphatic carbocycles. The van der Waals surface area contributed by atoms with Crippen LogP contribution in [0, 0.1) is 5.92 Å². The molecule has 28 heavy (non-hydrogen) atoms. The second-order valence-corrected chi connectivity index (χ2v) is 7.05. The highest BCUT2D eigenvalue weighted by molar-refractivity contribution is 6.09. The summed E-state index contributed by atoms with van der Waals surface area (Å²) < 4.78 is 5.18. The molecule has 0 saturated carbocycles. The average molecular weight is 384 g/mol. The molecule has 1 aromatic carbocycles. The number of furan rings is 1. The normalized spacial score (nSPS) is 16.6. The number of hydrogen-bond acceptors (Lipinski definition) is 4. The number of carboxylic acid groups (broad SMARTS) is 1. The highest BCUT2D eigenvalue weighted by Crippen LogP contribution is 2.27. The molecule has 0 spiro atoms. The lowest BCUT2D eigenvalue weighted by Gasteiger charge is -2.33. The van der Waals surface area contributed by atoms with Crippen molar-refractivity contribution in [1.82, 2.24) is 4.90 Å². The quantitative estimate of drug-likeness (QED) is 0.825. The van der Waals surface area contributed by atoms with Gasteiger partial charge in [-0.05, 0) is 49.4 Å². The molecule has 1 aliphatic heterocycles. The van der Waals surface area contributed by atoms with Crippen LogP contribution in [0.1, 0.15) is 46.6 Å². The van der Waals surface area contributed by atoms with E-state index in [9.17, 15) is 14.4 Å². The zero-order valence-electron chi connectivity index (χ0n) is 15.8. The first-order valence-corrected chi connectivity index (χ1v) is 9.39. The van der Waals surface area contributed by atoms with Crippen LogP contribution in [0.25, 0.3) is 0 Å². The van der Waals surface area contributed by atoms with Crippen LogP contribution in [0.3, 0.4) is 0 Å². The number of rotatable bonds is 6. The number of benzene rings is 1. The SMILES string of the molecule is CN(C(=O)c1ccco1)c1ccccc1C(=O)N1CCCC(CCC(=O)O)C1. The van der Waals surface area contributed by atoms with Crippen molar-refractivity contribution in [2.45, 2.75) is 25.7 Å². The average Bonchev–Trinajstić information content (AvgIpc) is 3.25. The number of nitrogens with zero attached hydrogens (tertiary/aromatic N) is 2. The Morgan fingerprint density at radius 3 is 2.71 bits per heavy atom. The van der Waals surface area contributed by atoms with Gasteiger partial charge in [-0.15, -0.1) is 0 Å². The summed E-state index contributed by atoms with van der Waals surface area (Å²) in [5.74, 6) is -0.898. The number of carboxylic acids is 1. The summed E-state index contributed by atoms with van der Waals surface area (Å²) in [4.78, 5) is 39.8. The molecule has 7 nitrogen and oxygen atoms in total. The Hall–Kier alpha value is -3.09. The molecule has 7 heteroatoms. The van der Waals surface area contributed by atoms with Crippen molar-refractivity contribution >= 4 is 23.5 Å². The molecule has 2 aromatic rings. The van der Waals surface area contributed by atoms with Crippen LogP contribution in [0.2, 0.25) is 0 Å². The molecule has 1 N–H and O–H groups in total. The van der Waals surface area contributed by atoms with Gasteiger partial charge in [-0.25, -0.2) is 0 Å². The molecule has 2 heterocycles. The topological polar surface area (TPSA) is 91.1 Å². The minimum absolute atomic E-state index is 0.115. The Morgan fingerprint density at radius 1 is 1.21 bits per heavy atom. The second-order valence-electron chi connectivity index (χ2n) is 7.05. The van der Waals surface area contributed by atoms with Crippen molar-refractivity contribution in [2.75, 3.05) is 25.0 Å². The van der Waals surface area contributed by atoms with Gasteiger partial charge >= 0.3 is 5.97 Å². The van der Waals surface area contributed by atoms with Crippen molar-refractivity contribution in [1.29, 1.82) is 0 Å². The first-order chi connectivity index (χ1) is 13.5. The zero-order chi connectivity index (χ0) is 20.1. The Labute approximate surface area is 163 Å². The van der Waals surface area contributed by atoms with Crippen LogP contribution in [0.5, 0.6) is 0 Å². The lowest BCUT2D eigenvalue weighted by Crippen LogP contribution is -2.41.